The second-order valence-electron chi connectivity index (χ2n) is 5.93. The van der Waals surface area contributed by atoms with Gasteiger partial charge >= 0.3 is 0 Å². The van der Waals surface area contributed by atoms with E-state index in [0.29, 0.717) is 5.52 Å². The van der Waals surface area contributed by atoms with E-state index in [0.717, 1.165) is 27.9 Å². The molecule has 2 heterocycles. The van der Waals surface area contributed by atoms with Gasteiger partial charge in [-0.15, -0.1) is 0 Å². The zero-order valence-electron chi connectivity index (χ0n) is 13.3. The minimum absolute atomic E-state index is 0.0361. The number of halogens is 2. The number of H-pyrrole nitrogens is 1. The second-order valence-corrected chi connectivity index (χ2v) is 6.84. The molecule has 0 aliphatic rings. The number of hydrogen-bond acceptors (Lipinski definition) is 2. The van der Waals surface area contributed by atoms with Crippen molar-refractivity contribution in [2.75, 3.05) is 0 Å². The third kappa shape index (κ3) is 3.46. The summed E-state index contributed by atoms with van der Waals surface area (Å²) in [7, 11) is 0. The SMILES string of the molecule is Fc1ccc2nc([C@H](Cc3ccccc3)c3ccc(Br)cn3)[nH]c2c1. The number of nitrogens with zero attached hydrogens (tertiary/aromatic N) is 2. The number of fused-ring (bicyclic) bond motifs is 1. The van der Waals surface area contributed by atoms with Crippen molar-refractivity contribution in [3.05, 3.63) is 94.2 Å². The number of pyridine rings is 1. The summed E-state index contributed by atoms with van der Waals surface area (Å²) in [6.07, 6.45) is 2.55. The number of aromatic nitrogens is 3. The average Bonchev–Trinajstić information content (AvgIpc) is 3.04. The van der Waals surface area contributed by atoms with E-state index in [2.05, 4.69) is 43.0 Å². The van der Waals surface area contributed by atoms with Crippen LogP contribution in [-0.2, 0) is 6.42 Å². The summed E-state index contributed by atoms with van der Waals surface area (Å²) in [5.41, 5.74) is 3.58. The van der Waals surface area contributed by atoms with E-state index in [9.17, 15) is 4.39 Å². The first-order valence-corrected chi connectivity index (χ1v) is 8.79. The highest BCUT2D eigenvalue weighted by Gasteiger charge is 2.20. The summed E-state index contributed by atoms with van der Waals surface area (Å²) in [4.78, 5) is 12.5. The Morgan fingerprint density at radius 2 is 1.88 bits per heavy atom. The van der Waals surface area contributed by atoms with Crippen LogP contribution in [-0.4, -0.2) is 15.0 Å². The van der Waals surface area contributed by atoms with Crippen molar-refractivity contribution in [1.82, 2.24) is 15.0 Å². The largest absolute Gasteiger partial charge is 0.341 e. The Labute approximate surface area is 153 Å². The molecule has 0 unspecified atom stereocenters. The van der Waals surface area contributed by atoms with Crippen LogP contribution < -0.4 is 0 Å². The highest BCUT2D eigenvalue weighted by atomic mass is 79.9. The topological polar surface area (TPSA) is 41.6 Å². The molecule has 0 saturated heterocycles. The summed E-state index contributed by atoms with van der Waals surface area (Å²) >= 11 is 3.43. The van der Waals surface area contributed by atoms with Crippen molar-refractivity contribution in [1.29, 1.82) is 0 Å². The van der Waals surface area contributed by atoms with E-state index >= 15 is 0 Å². The zero-order chi connectivity index (χ0) is 17.2. The smallest absolute Gasteiger partial charge is 0.125 e. The Morgan fingerprint density at radius 3 is 2.64 bits per heavy atom. The number of nitrogens with one attached hydrogen (secondary N) is 1. The summed E-state index contributed by atoms with van der Waals surface area (Å²) in [5, 5.41) is 0. The average molecular weight is 396 g/mol. The number of rotatable bonds is 4. The molecule has 4 rings (SSSR count). The van der Waals surface area contributed by atoms with Gasteiger partial charge in [-0.3, -0.25) is 4.98 Å². The van der Waals surface area contributed by atoms with Gasteiger partial charge in [0.15, 0.2) is 0 Å². The maximum Gasteiger partial charge on any atom is 0.125 e. The highest BCUT2D eigenvalue weighted by Crippen LogP contribution is 2.28. The molecule has 2 aromatic carbocycles. The lowest BCUT2D eigenvalue weighted by atomic mass is 9.95. The third-order valence-corrected chi connectivity index (χ3v) is 4.65. The lowest BCUT2D eigenvalue weighted by Crippen LogP contribution is -2.09. The molecule has 1 N–H and O–H groups in total. The van der Waals surface area contributed by atoms with Crippen molar-refractivity contribution >= 4 is 27.0 Å². The van der Waals surface area contributed by atoms with E-state index in [1.54, 1.807) is 12.3 Å². The molecule has 5 heteroatoms. The van der Waals surface area contributed by atoms with Gasteiger partial charge < -0.3 is 4.98 Å². The predicted octanol–water partition coefficient (Wildman–Crippen LogP) is 5.23. The molecule has 4 aromatic rings. The van der Waals surface area contributed by atoms with E-state index < -0.39 is 0 Å². The maximum absolute atomic E-state index is 13.5. The van der Waals surface area contributed by atoms with Crippen LogP contribution in [0.3, 0.4) is 0 Å². The van der Waals surface area contributed by atoms with Crippen LogP contribution in [0.2, 0.25) is 0 Å². The molecule has 0 radical (unpaired) electrons. The molecule has 124 valence electrons. The highest BCUT2D eigenvalue weighted by molar-refractivity contribution is 9.10. The zero-order valence-corrected chi connectivity index (χ0v) is 14.9. The van der Waals surface area contributed by atoms with Crippen molar-refractivity contribution in [2.45, 2.75) is 12.3 Å². The van der Waals surface area contributed by atoms with Gasteiger partial charge in [-0.2, -0.15) is 0 Å². The molecule has 1 atom stereocenters. The summed E-state index contributed by atoms with van der Waals surface area (Å²) in [6.45, 7) is 0. The van der Waals surface area contributed by atoms with Gasteiger partial charge in [0.05, 0.1) is 22.6 Å². The predicted molar refractivity (Wildman–Crippen MR) is 100.0 cm³/mol. The molecule has 0 aliphatic heterocycles. The fourth-order valence-corrected chi connectivity index (χ4v) is 3.19. The Balaban J connectivity index is 1.79. The van der Waals surface area contributed by atoms with Gasteiger partial charge in [0, 0.05) is 10.7 Å². The quantitative estimate of drug-likeness (QED) is 0.513. The monoisotopic (exact) mass is 395 g/mol. The number of imidazole rings is 1. The molecule has 0 aliphatic carbocycles. The van der Waals surface area contributed by atoms with Gasteiger partial charge in [0.1, 0.15) is 11.6 Å². The van der Waals surface area contributed by atoms with Crippen LogP contribution in [0.1, 0.15) is 23.0 Å². The molecule has 0 saturated carbocycles. The van der Waals surface area contributed by atoms with E-state index in [4.69, 9.17) is 0 Å². The van der Waals surface area contributed by atoms with E-state index in [-0.39, 0.29) is 11.7 Å². The number of aromatic amines is 1. The molecule has 0 fully saturated rings. The first-order valence-electron chi connectivity index (χ1n) is 7.99. The molecule has 2 aromatic heterocycles. The fourth-order valence-electron chi connectivity index (χ4n) is 2.95. The van der Waals surface area contributed by atoms with Crippen LogP contribution in [0, 0.1) is 5.82 Å². The standard InChI is InChI=1S/C20H15BrFN3/c21-14-6-8-17(23-12-14)16(10-13-4-2-1-3-5-13)20-24-18-9-7-15(22)11-19(18)25-20/h1-9,11-12,16H,10H2,(H,24,25)/t16-/m1/s1. The summed E-state index contributed by atoms with van der Waals surface area (Å²) < 4.78 is 14.4. The Morgan fingerprint density at radius 1 is 1.04 bits per heavy atom. The first-order chi connectivity index (χ1) is 12.2. The minimum atomic E-state index is -0.274. The molecule has 0 spiro atoms. The molecule has 3 nitrogen and oxygen atoms in total. The molecule has 0 bridgehead atoms. The molecular formula is C20H15BrFN3. The van der Waals surface area contributed by atoms with Crippen LogP contribution >= 0.6 is 15.9 Å². The van der Waals surface area contributed by atoms with E-state index in [1.807, 2.05) is 30.3 Å². The third-order valence-electron chi connectivity index (χ3n) is 4.18. The van der Waals surface area contributed by atoms with E-state index in [1.165, 1.54) is 17.7 Å². The normalized spacial score (nSPS) is 12.4. The lowest BCUT2D eigenvalue weighted by molar-refractivity contribution is 0.629. The maximum atomic E-state index is 13.5. The lowest BCUT2D eigenvalue weighted by Gasteiger charge is -2.14. The van der Waals surface area contributed by atoms with Gasteiger partial charge in [0.25, 0.3) is 0 Å². The van der Waals surface area contributed by atoms with Crippen LogP contribution in [0.25, 0.3) is 11.0 Å². The minimum Gasteiger partial charge on any atom is -0.341 e. The number of benzene rings is 2. The van der Waals surface area contributed by atoms with Crippen LogP contribution in [0.15, 0.2) is 71.3 Å². The van der Waals surface area contributed by atoms with Crippen molar-refractivity contribution in [3.8, 4) is 0 Å². The Bertz CT molecular complexity index is 997. The van der Waals surface area contributed by atoms with Crippen molar-refractivity contribution < 1.29 is 4.39 Å². The molecular weight excluding hydrogens is 381 g/mol. The van der Waals surface area contributed by atoms with Gasteiger partial charge in [0.2, 0.25) is 0 Å². The van der Waals surface area contributed by atoms with Gasteiger partial charge in [-0.1, -0.05) is 30.3 Å². The molecule has 25 heavy (non-hydrogen) atoms. The van der Waals surface area contributed by atoms with Crippen molar-refractivity contribution in [3.63, 3.8) is 0 Å². The van der Waals surface area contributed by atoms with Crippen LogP contribution in [0.5, 0.6) is 0 Å². The van der Waals surface area contributed by atoms with Gasteiger partial charge in [-0.05, 0) is 58.2 Å². The van der Waals surface area contributed by atoms with Gasteiger partial charge in [-0.25, -0.2) is 9.37 Å². The van der Waals surface area contributed by atoms with Crippen molar-refractivity contribution in [2.24, 2.45) is 0 Å². The Kier molecular flexibility index (Phi) is 4.32. The fraction of sp³-hybridized carbons (Fsp3) is 0.100. The second kappa shape index (κ2) is 6.76. The van der Waals surface area contributed by atoms with Crippen LogP contribution in [0.4, 0.5) is 4.39 Å². The Hall–Kier alpha value is -2.53. The molecule has 0 amide bonds. The summed E-state index contributed by atoms with van der Waals surface area (Å²) in [6, 6.07) is 18.8. The number of hydrogen-bond donors (Lipinski definition) is 1. The summed E-state index contributed by atoms with van der Waals surface area (Å²) in [5.74, 6) is 0.481. The first kappa shape index (κ1) is 16.0.